The molecule has 0 amide bonds. The molecule has 1 aromatic carbocycles. The summed E-state index contributed by atoms with van der Waals surface area (Å²) in [6.45, 7) is 0. The molecule has 3 nitrogen and oxygen atoms in total. The molecule has 4 heteroatoms. The largest absolute Gasteiger partial charge is 0.370 e. The minimum atomic E-state index is -0.145. The zero-order chi connectivity index (χ0) is 12.1. The monoisotopic (exact) mass is 244 g/mol. The summed E-state index contributed by atoms with van der Waals surface area (Å²) in [6.07, 6.45) is 0.204. The fourth-order valence-electron chi connectivity index (χ4n) is 1.61. The van der Waals surface area contributed by atoms with Crippen molar-refractivity contribution >= 4 is 11.3 Å². The summed E-state index contributed by atoms with van der Waals surface area (Å²) in [5, 5.41) is 11.4. The van der Waals surface area contributed by atoms with E-state index in [2.05, 4.69) is 11.1 Å². The van der Waals surface area contributed by atoms with Gasteiger partial charge in [-0.3, -0.25) is 0 Å². The maximum atomic E-state index is 8.63. The predicted octanol–water partition coefficient (Wildman–Crippen LogP) is 2.94. The molecule has 0 spiro atoms. The summed E-state index contributed by atoms with van der Waals surface area (Å²) in [7, 11) is 1.67. The van der Waals surface area contributed by atoms with Crippen LogP contribution in [0.3, 0.4) is 0 Å². The van der Waals surface area contributed by atoms with Crippen LogP contribution in [0.4, 0.5) is 0 Å². The average molecular weight is 244 g/mol. The highest BCUT2D eigenvalue weighted by Gasteiger charge is 2.16. The molecule has 0 aliphatic rings. The molecule has 0 aliphatic heterocycles. The molecule has 0 N–H and O–H groups in total. The highest BCUT2D eigenvalue weighted by Crippen LogP contribution is 2.27. The van der Waals surface area contributed by atoms with Gasteiger partial charge >= 0.3 is 0 Å². The summed E-state index contributed by atoms with van der Waals surface area (Å²) >= 11 is 1.53. The van der Waals surface area contributed by atoms with E-state index in [0.717, 1.165) is 16.3 Å². The SMILES string of the molecule is COC(c1ccccc1)c1nc(CC#N)cs1. The van der Waals surface area contributed by atoms with Crippen LogP contribution in [0.1, 0.15) is 22.4 Å². The third-order valence-electron chi connectivity index (χ3n) is 2.39. The minimum absolute atomic E-state index is 0.145. The van der Waals surface area contributed by atoms with Gasteiger partial charge in [-0.05, 0) is 5.56 Å². The van der Waals surface area contributed by atoms with Gasteiger partial charge in [-0.15, -0.1) is 11.3 Å². The third-order valence-corrected chi connectivity index (χ3v) is 3.33. The predicted molar refractivity (Wildman–Crippen MR) is 66.7 cm³/mol. The quantitative estimate of drug-likeness (QED) is 0.830. The summed E-state index contributed by atoms with van der Waals surface area (Å²) in [5.74, 6) is 0. The third kappa shape index (κ3) is 2.70. The van der Waals surface area contributed by atoms with Crippen LogP contribution in [0.25, 0.3) is 0 Å². The number of ether oxygens (including phenoxy) is 1. The van der Waals surface area contributed by atoms with E-state index in [0.29, 0.717) is 6.42 Å². The number of benzene rings is 1. The Morgan fingerprint density at radius 2 is 2.18 bits per heavy atom. The van der Waals surface area contributed by atoms with Crippen molar-refractivity contribution < 1.29 is 4.74 Å². The minimum Gasteiger partial charge on any atom is -0.370 e. The van der Waals surface area contributed by atoms with Gasteiger partial charge in [-0.25, -0.2) is 4.98 Å². The van der Waals surface area contributed by atoms with Crippen molar-refractivity contribution in [3.05, 3.63) is 52.0 Å². The molecule has 17 heavy (non-hydrogen) atoms. The van der Waals surface area contributed by atoms with E-state index in [9.17, 15) is 0 Å². The van der Waals surface area contributed by atoms with Gasteiger partial charge in [0.1, 0.15) is 11.1 Å². The van der Waals surface area contributed by atoms with Crippen molar-refractivity contribution in [1.82, 2.24) is 4.98 Å². The van der Waals surface area contributed by atoms with Crippen molar-refractivity contribution in [2.24, 2.45) is 0 Å². The molecule has 0 bridgehead atoms. The Labute approximate surface area is 104 Å². The van der Waals surface area contributed by atoms with Crippen LogP contribution >= 0.6 is 11.3 Å². The lowest BCUT2D eigenvalue weighted by atomic mass is 10.1. The number of nitriles is 1. The van der Waals surface area contributed by atoms with Crippen molar-refractivity contribution in [2.45, 2.75) is 12.5 Å². The summed E-state index contributed by atoms with van der Waals surface area (Å²) in [6, 6.07) is 12.1. The Kier molecular flexibility index (Phi) is 3.86. The molecule has 0 fully saturated rings. The van der Waals surface area contributed by atoms with E-state index in [1.165, 1.54) is 11.3 Å². The second-order valence-corrected chi connectivity index (χ2v) is 4.43. The first-order valence-corrected chi connectivity index (χ1v) is 6.12. The topological polar surface area (TPSA) is 45.9 Å². The zero-order valence-corrected chi connectivity index (χ0v) is 10.3. The van der Waals surface area contributed by atoms with Gasteiger partial charge in [0.25, 0.3) is 0 Å². The molecule has 1 atom stereocenters. The average Bonchev–Trinajstić information content (AvgIpc) is 2.81. The van der Waals surface area contributed by atoms with Crippen LogP contribution in [0, 0.1) is 11.3 Å². The normalized spacial score (nSPS) is 12.0. The lowest BCUT2D eigenvalue weighted by Gasteiger charge is -2.12. The second-order valence-electron chi connectivity index (χ2n) is 3.54. The molecule has 2 aromatic rings. The molecule has 0 saturated heterocycles. The molecule has 1 unspecified atom stereocenters. The van der Waals surface area contributed by atoms with Gasteiger partial charge in [0.15, 0.2) is 0 Å². The fraction of sp³-hybridized carbons (Fsp3) is 0.231. The van der Waals surface area contributed by atoms with E-state index >= 15 is 0 Å². The van der Waals surface area contributed by atoms with Gasteiger partial charge in [-0.2, -0.15) is 5.26 Å². The Bertz CT molecular complexity index is 516. The molecule has 2 rings (SSSR count). The van der Waals surface area contributed by atoms with Crippen LogP contribution in [-0.2, 0) is 11.2 Å². The van der Waals surface area contributed by atoms with E-state index in [-0.39, 0.29) is 6.10 Å². The smallest absolute Gasteiger partial charge is 0.134 e. The molecule has 0 radical (unpaired) electrons. The van der Waals surface area contributed by atoms with E-state index in [4.69, 9.17) is 10.00 Å². The van der Waals surface area contributed by atoms with Crippen LogP contribution in [0.15, 0.2) is 35.7 Å². The van der Waals surface area contributed by atoms with Crippen LogP contribution in [0.2, 0.25) is 0 Å². The van der Waals surface area contributed by atoms with Crippen LogP contribution in [0.5, 0.6) is 0 Å². The maximum absolute atomic E-state index is 8.63. The number of aromatic nitrogens is 1. The summed E-state index contributed by atoms with van der Waals surface area (Å²) in [4.78, 5) is 4.42. The molecule has 0 saturated carbocycles. The Hall–Kier alpha value is -1.70. The van der Waals surface area contributed by atoms with Crippen molar-refractivity contribution in [3.63, 3.8) is 0 Å². The highest BCUT2D eigenvalue weighted by molar-refractivity contribution is 7.09. The van der Waals surface area contributed by atoms with Crippen molar-refractivity contribution in [1.29, 1.82) is 5.26 Å². The lowest BCUT2D eigenvalue weighted by Crippen LogP contribution is -2.03. The van der Waals surface area contributed by atoms with Gasteiger partial charge in [0.05, 0.1) is 18.2 Å². The van der Waals surface area contributed by atoms with E-state index in [1.807, 2.05) is 35.7 Å². The number of rotatable bonds is 4. The standard InChI is InChI=1S/C13H12N2OS/c1-16-12(10-5-3-2-4-6-10)13-15-11(7-8-14)9-17-13/h2-6,9,12H,7H2,1H3. The zero-order valence-electron chi connectivity index (χ0n) is 9.46. The first-order chi connectivity index (χ1) is 8.35. The highest BCUT2D eigenvalue weighted by atomic mass is 32.1. The molecular formula is C13H12N2OS. The van der Waals surface area contributed by atoms with Crippen LogP contribution in [-0.4, -0.2) is 12.1 Å². The Balaban J connectivity index is 2.27. The van der Waals surface area contributed by atoms with Crippen LogP contribution < -0.4 is 0 Å². The van der Waals surface area contributed by atoms with Crippen molar-refractivity contribution in [2.75, 3.05) is 7.11 Å². The van der Waals surface area contributed by atoms with Gasteiger partial charge < -0.3 is 4.74 Å². The van der Waals surface area contributed by atoms with E-state index < -0.39 is 0 Å². The first kappa shape index (κ1) is 11.8. The van der Waals surface area contributed by atoms with Crippen molar-refractivity contribution in [3.8, 4) is 6.07 Å². The number of hydrogen-bond donors (Lipinski definition) is 0. The lowest BCUT2D eigenvalue weighted by molar-refractivity contribution is 0.136. The summed E-state index contributed by atoms with van der Waals surface area (Å²) < 4.78 is 5.48. The number of hydrogen-bond acceptors (Lipinski definition) is 4. The molecule has 0 aliphatic carbocycles. The molecule has 1 aromatic heterocycles. The number of thiazole rings is 1. The maximum Gasteiger partial charge on any atom is 0.134 e. The Morgan fingerprint density at radius 1 is 1.41 bits per heavy atom. The van der Waals surface area contributed by atoms with Gasteiger partial charge in [0, 0.05) is 12.5 Å². The molecule has 86 valence electrons. The summed E-state index contributed by atoms with van der Waals surface area (Å²) in [5.41, 5.74) is 1.89. The van der Waals surface area contributed by atoms with E-state index in [1.54, 1.807) is 7.11 Å². The number of nitrogens with zero attached hydrogens (tertiary/aromatic N) is 2. The molecule has 1 heterocycles. The van der Waals surface area contributed by atoms with Gasteiger partial charge in [0.2, 0.25) is 0 Å². The second kappa shape index (κ2) is 5.58. The fourth-order valence-corrected chi connectivity index (χ4v) is 2.53. The first-order valence-electron chi connectivity index (χ1n) is 5.24. The molecular weight excluding hydrogens is 232 g/mol. The van der Waals surface area contributed by atoms with Gasteiger partial charge in [-0.1, -0.05) is 30.3 Å². The number of methoxy groups -OCH3 is 1. The Morgan fingerprint density at radius 3 is 2.82 bits per heavy atom.